The first-order valence-electron chi connectivity index (χ1n) is 9.38. The molecule has 1 aliphatic rings. The first-order valence-corrected chi connectivity index (χ1v) is 11.6. The Kier molecular flexibility index (Phi) is 6.80. The van der Waals surface area contributed by atoms with Gasteiger partial charge in [-0.3, -0.25) is 9.69 Å². The Balaban J connectivity index is 1.68. The summed E-state index contributed by atoms with van der Waals surface area (Å²) in [5.41, 5.74) is 0.987. The minimum absolute atomic E-state index is 0.0787. The fraction of sp³-hybridized carbons (Fsp3) is 0.450. The third-order valence-electron chi connectivity index (χ3n) is 5.03. The van der Waals surface area contributed by atoms with E-state index >= 15 is 0 Å². The molecule has 0 unspecified atom stereocenters. The van der Waals surface area contributed by atoms with E-state index in [1.165, 1.54) is 0 Å². The summed E-state index contributed by atoms with van der Waals surface area (Å²) in [6.45, 7) is 2.52. The number of amides is 1. The van der Waals surface area contributed by atoms with Gasteiger partial charge in [-0.2, -0.15) is 0 Å². The highest BCUT2D eigenvalue weighted by molar-refractivity contribution is 7.91. The Bertz CT molecular complexity index is 881. The molecule has 2 heterocycles. The smallest absolute Gasteiger partial charge is 0.234 e. The molecule has 0 saturated carbocycles. The van der Waals surface area contributed by atoms with Crippen LogP contribution in [0.1, 0.15) is 37.1 Å². The van der Waals surface area contributed by atoms with Gasteiger partial charge in [0.25, 0.3) is 0 Å². The molecular weight excluding hydrogens is 400 g/mol. The van der Waals surface area contributed by atoms with Crippen molar-refractivity contribution >= 4 is 27.3 Å². The van der Waals surface area contributed by atoms with Crippen molar-refractivity contribution in [2.75, 3.05) is 18.1 Å². The van der Waals surface area contributed by atoms with E-state index in [0.29, 0.717) is 23.7 Å². The highest BCUT2D eigenvalue weighted by atomic mass is 35.5. The third-order valence-corrected chi connectivity index (χ3v) is 7.03. The highest BCUT2D eigenvalue weighted by Gasteiger charge is 2.33. The zero-order chi connectivity index (χ0) is 20.1. The Hall–Kier alpha value is -1.83. The minimum atomic E-state index is -3.05. The summed E-state index contributed by atoms with van der Waals surface area (Å²) in [6.07, 6.45) is 2.85. The van der Waals surface area contributed by atoms with Crippen molar-refractivity contribution < 1.29 is 17.6 Å². The zero-order valence-electron chi connectivity index (χ0n) is 15.8. The number of furan rings is 1. The molecule has 6 nitrogen and oxygen atoms in total. The van der Waals surface area contributed by atoms with Crippen LogP contribution in [0.25, 0.3) is 0 Å². The van der Waals surface area contributed by atoms with Crippen LogP contribution in [-0.2, 0) is 21.2 Å². The molecule has 1 N–H and O–H groups in total. The fourth-order valence-corrected chi connectivity index (χ4v) is 5.41. The van der Waals surface area contributed by atoms with E-state index in [2.05, 4.69) is 5.32 Å². The molecule has 0 aliphatic carbocycles. The normalized spacial score (nSPS) is 19.6. The minimum Gasteiger partial charge on any atom is -0.468 e. The molecule has 1 aliphatic heterocycles. The maximum Gasteiger partial charge on any atom is 0.234 e. The molecule has 2 atom stereocenters. The van der Waals surface area contributed by atoms with Crippen molar-refractivity contribution in [1.29, 1.82) is 0 Å². The summed E-state index contributed by atoms with van der Waals surface area (Å²) >= 11 is 5.95. The van der Waals surface area contributed by atoms with Crippen LogP contribution in [0.3, 0.4) is 0 Å². The Labute approximate surface area is 170 Å². The first kappa shape index (κ1) is 20.9. The largest absolute Gasteiger partial charge is 0.468 e. The van der Waals surface area contributed by atoms with Gasteiger partial charge in [-0.05, 0) is 42.7 Å². The Morgan fingerprint density at radius 2 is 2.07 bits per heavy atom. The van der Waals surface area contributed by atoms with Gasteiger partial charge in [0.1, 0.15) is 5.76 Å². The van der Waals surface area contributed by atoms with Crippen LogP contribution < -0.4 is 5.32 Å². The van der Waals surface area contributed by atoms with Gasteiger partial charge in [0.05, 0.1) is 36.9 Å². The summed E-state index contributed by atoms with van der Waals surface area (Å²) < 4.78 is 29.2. The van der Waals surface area contributed by atoms with E-state index in [1.54, 1.807) is 24.5 Å². The fourth-order valence-electron chi connectivity index (χ4n) is 3.52. The molecule has 8 heteroatoms. The molecule has 0 bridgehead atoms. The summed E-state index contributed by atoms with van der Waals surface area (Å²) in [7, 11) is -3.05. The van der Waals surface area contributed by atoms with E-state index < -0.39 is 9.84 Å². The zero-order valence-corrected chi connectivity index (χ0v) is 17.4. The van der Waals surface area contributed by atoms with Crippen LogP contribution in [0.5, 0.6) is 0 Å². The topological polar surface area (TPSA) is 79.6 Å². The predicted octanol–water partition coefficient (Wildman–Crippen LogP) is 3.19. The second-order valence-corrected chi connectivity index (χ2v) is 9.79. The average Bonchev–Trinajstić information content (AvgIpc) is 3.29. The number of halogens is 1. The predicted molar refractivity (Wildman–Crippen MR) is 109 cm³/mol. The van der Waals surface area contributed by atoms with Gasteiger partial charge < -0.3 is 9.73 Å². The lowest BCUT2D eigenvalue weighted by molar-refractivity contribution is -0.123. The molecule has 3 rings (SSSR count). The second kappa shape index (κ2) is 9.11. The lowest BCUT2D eigenvalue weighted by Gasteiger charge is -2.27. The van der Waals surface area contributed by atoms with Gasteiger partial charge in [0.15, 0.2) is 9.84 Å². The molecule has 28 heavy (non-hydrogen) atoms. The van der Waals surface area contributed by atoms with Gasteiger partial charge in [0.2, 0.25) is 5.91 Å². The summed E-state index contributed by atoms with van der Waals surface area (Å²) in [5, 5.41) is 3.70. The number of sulfone groups is 1. The van der Waals surface area contributed by atoms with Crippen LogP contribution in [-0.4, -0.2) is 43.3 Å². The number of rotatable bonds is 8. The number of benzene rings is 1. The third kappa shape index (κ3) is 5.59. The van der Waals surface area contributed by atoms with Gasteiger partial charge in [-0.25, -0.2) is 8.42 Å². The summed E-state index contributed by atoms with van der Waals surface area (Å²) in [5.74, 6) is 0.811. The monoisotopic (exact) mass is 424 g/mol. The maximum atomic E-state index is 12.8. The molecular formula is C20H25ClN2O4S. The van der Waals surface area contributed by atoms with E-state index in [1.807, 2.05) is 30.0 Å². The number of nitrogens with one attached hydrogen (secondary N) is 1. The van der Waals surface area contributed by atoms with E-state index in [4.69, 9.17) is 16.0 Å². The Morgan fingerprint density at radius 3 is 2.64 bits per heavy atom. The van der Waals surface area contributed by atoms with Crippen molar-refractivity contribution in [3.63, 3.8) is 0 Å². The molecule has 1 saturated heterocycles. The maximum absolute atomic E-state index is 12.8. The molecule has 0 radical (unpaired) electrons. The van der Waals surface area contributed by atoms with E-state index in [9.17, 15) is 13.2 Å². The Morgan fingerprint density at radius 1 is 1.32 bits per heavy atom. The highest BCUT2D eigenvalue weighted by Crippen LogP contribution is 2.22. The quantitative estimate of drug-likeness (QED) is 0.703. The molecule has 1 aromatic carbocycles. The molecule has 152 valence electrons. The van der Waals surface area contributed by atoms with Crippen LogP contribution >= 0.6 is 11.6 Å². The van der Waals surface area contributed by atoms with Crippen molar-refractivity contribution in [2.45, 2.75) is 38.4 Å². The van der Waals surface area contributed by atoms with E-state index in [0.717, 1.165) is 12.0 Å². The van der Waals surface area contributed by atoms with Crippen molar-refractivity contribution in [3.8, 4) is 0 Å². The average molecular weight is 425 g/mol. The lowest BCUT2D eigenvalue weighted by Crippen LogP contribution is -2.44. The van der Waals surface area contributed by atoms with E-state index in [-0.39, 0.29) is 36.0 Å². The van der Waals surface area contributed by atoms with Gasteiger partial charge in [-0.15, -0.1) is 0 Å². The number of hydrogen-bond donors (Lipinski definition) is 1. The number of hydrogen-bond acceptors (Lipinski definition) is 5. The number of nitrogens with zero attached hydrogens (tertiary/aromatic N) is 1. The van der Waals surface area contributed by atoms with Gasteiger partial charge in [-0.1, -0.05) is 30.7 Å². The van der Waals surface area contributed by atoms with Crippen LogP contribution in [0, 0.1) is 0 Å². The summed E-state index contributed by atoms with van der Waals surface area (Å²) in [6, 6.07) is 10.7. The van der Waals surface area contributed by atoms with Gasteiger partial charge >= 0.3 is 0 Å². The molecule has 1 fully saturated rings. The lowest BCUT2D eigenvalue weighted by atomic mass is 10.0. The molecule has 2 aromatic rings. The summed E-state index contributed by atoms with van der Waals surface area (Å²) in [4.78, 5) is 14.6. The van der Waals surface area contributed by atoms with Crippen molar-refractivity contribution in [3.05, 3.63) is 59.0 Å². The SMILES string of the molecule is CC[C@@H](NC(=O)CN(Cc1ccco1)[C@@H]1CCS(=O)(=O)C1)c1ccc(Cl)cc1. The second-order valence-electron chi connectivity index (χ2n) is 7.12. The first-order chi connectivity index (χ1) is 13.4. The molecule has 0 spiro atoms. The standard InChI is InChI=1S/C20H25ClN2O4S/c1-2-19(15-5-7-16(21)8-6-15)22-20(24)13-23(12-18-4-3-10-27-18)17-9-11-28(25,26)14-17/h3-8,10,17,19H,2,9,11-14H2,1H3,(H,22,24)/t17-,19-/m1/s1. The van der Waals surface area contributed by atoms with Crippen LogP contribution in [0.2, 0.25) is 5.02 Å². The van der Waals surface area contributed by atoms with Gasteiger partial charge in [0, 0.05) is 11.1 Å². The van der Waals surface area contributed by atoms with Crippen LogP contribution in [0.4, 0.5) is 0 Å². The molecule has 1 amide bonds. The number of carbonyl (C=O) groups is 1. The van der Waals surface area contributed by atoms with Crippen molar-refractivity contribution in [1.82, 2.24) is 10.2 Å². The van der Waals surface area contributed by atoms with Crippen molar-refractivity contribution in [2.24, 2.45) is 0 Å². The molecule has 1 aromatic heterocycles. The van der Waals surface area contributed by atoms with Crippen LogP contribution in [0.15, 0.2) is 47.1 Å². The number of carbonyl (C=O) groups excluding carboxylic acids is 1.